The molecule has 1 unspecified atom stereocenters. The molecule has 0 bridgehead atoms. The van der Waals surface area contributed by atoms with E-state index < -0.39 is 5.92 Å². The highest BCUT2D eigenvalue weighted by Gasteiger charge is 2.42. The molecule has 33 heavy (non-hydrogen) atoms. The minimum atomic E-state index is -0.706. The number of para-hydroxylation sites is 2. The summed E-state index contributed by atoms with van der Waals surface area (Å²) in [5.74, 6) is 0.852. The number of carbonyl (C=O) groups excluding carboxylic acids is 1. The van der Waals surface area contributed by atoms with E-state index in [0.29, 0.717) is 53.5 Å². The molecule has 164 valence electrons. The topological polar surface area (TPSA) is 103 Å². The molecule has 3 aromatic rings. The van der Waals surface area contributed by atoms with Gasteiger partial charge in [0.1, 0.15) is 23.2 Å². The second-order valence-electron chi connectivity index (χ2n) is 8.01. The first-order valence-corrected chi connectivity index (χ1v) is 10.8. The Morgan fingerprint density at radius 2 is 1.82 bits per heavy atom. The molecule has 2 aromatic carbocycles. The van der Waals surface area contributed by atoms with Gasteiger partial charge in [0.15, 0.2) is 5.78 Å². The fraction of sp³-hybridized carbons (Fsp3) is 0.192. The average Bonchev–Trinajstić information content (AvgIpc) is 3.15. The molecule has 0 amide bonds. The molecule has 1 atom stereocenters. The van der Waals surface area contributed by atoms with Gasteiger partial charge in [0.2, 0.25) is 11.8 Å². The maximum atomic E-state index is 13.1. The van der Waals surface area contributed by atoms with Crippen molar-refractivity contribution in [3.05, 3.63) is 94.7 Å². The minimum Gasteiger partial charge on any atom is -0.444 e. The summed E-state index contributed by atoms with van der Waals surface area (Å²) < 4.78 is 13.8. The Balaban J connectivity index is 1.77. The number of rotatable bonds is 4. The summed E-state index contributed by atoms with van der Waals surface area (Å²) >= 11 is 0. The van der Waals surface area contributed by atoms with Gasteiger partial charge in [-0.2, -0.15) is 10.4 Å². The number of ether oxygens (including phenoxy) is 2. The van der Waals surface area contributed by atoms with Gasteiger partial charge < -0.3 is 15.2 Å². The molecular formula is C26H22N4O3. The second kappa shape index (κ2) is 8.32. The number of benzene rings is 2. The Hall–Kier alpha value is -4.31. The monoisotopic (exact) mass is 438 g/mol. The highest BCUT2D eigenvalue weighted by Crippen LogP contribution is 2.48. The van der Waals surface area contributed by atoms with E-state index in [0.717, 1.165) is 5.69 Å². The van der Waals surface area contributed by atoms with E-state index in [1.54, 1.807) is 4.68 Å². The summed E-state index contributed by atoms with van der Waals surface area (Å²) in [6, 6.07) is 21.1. The van der Waals surface area contributed by atoms with Crippen LogP contribution in [-0.2, 0) is 9.53 Å². The van der Waals surface area contributed by atoms with Crippen LogP contribution in [0.15, 0.2) is 83.5 Å². The van der Waals surface area contributed by atoms with Gasteiger partial charge in [-0.15, -0.1) is 0 Å². The predicted molar refractivity (Wildman–Crippen MR) is 121 cm³/mol. The largest absolute Gasteiger partial charge is 0.444 e. The van der Waals surface area contributed by atoms with Crippen molar-refractivity contribution in [1.82, 2.24) is 9.78 Å². The molecule has 5 rings (SSSR count). The van der Waals surface area contributed by atoms with Crippen LogP contribution >= 0.6 is 0 Å². The van der Waals surface area contributed by atoms with Gasteiger partial charge in [0, 0.05) is 18.4 Å². The standard InChI is InChI=1S/C26H22N4O3/c1-16-22(23-19(15-27)25(28)33-21-14-8-13-20(31)24(21)23)26(32-18-11-6-3-7-12-18)30(29-16)17-9-4-2-5-10-17/h2-7,9-12,23H,8,13-14,28H2,1H3. The smallest absolute Gasteiger partial charge is 0.227 e. The lowest BCUT2D eigenvalue weighted by atomic mass is 9.77. The van der Waals surface area contributed by atoms with Gasteiger partial charge in [-0.3, -0.25) is 4.79 Å². The number of nitriles is 1. The zero-order valence-electron chi connectivity index (χ0n) is 18.1. The number of nitrogens with two attached hydrogens (primary N) is 1. The highest BCUT2D eigenvalue weighted by molar-refractivity contribution is 5.99. The molecule has 0 spiro atoms. The first kappa shape index (κ1) is 20.6. The average molecular weight is 438 g/mol. The number of carbonyl (C=O) groups is 1. The molecule has 7 nitrogen and oxygen atoms in total. The van der Waals surface area contributed by atoms with Gasteiger partial charge in [-0.25, -0.2) is 4.68 Å². The van der Waals surface area contributed by atoms with Crippen LogP contribution < -0.4 is 10.5 Å². The van der Waals surface area contributed by atoms with Crippen LogP contribution in [0.4, 0.5) is 0 Å². The normalized spacial score (nSPS) is 17.9. The molecule has 2 aliphatic rings. The van der Waals surface area contributed by atoms with Crippen LogP contribution in [0, 0.1) is 18.3 Å². The minimum absolute atomic E-state index is 0.0217. The van der Waals surface area contributed by atoms with E-state index in [9.17, 15) is 10.1 Å². The quantitative estimate of drug-likeness (QED) is 0.628. The van der Waals surface area contributed by atoms with E-state index >= 15 is 0 Å². The van der Waals surface area contributed by atoms with Gasteiger partial charge >= 0.3 is 0 Å². The lowest BCUT2D eigenvalue weighted by Crippen LogP contribution is -2.27. The summed E-state index contributed by atoms with van der Waals surface area (Å²) in [5, 5.41) is 14.7. The van der Waals surface area contributed by atoms with Crippen LogP contribution in [0.3, 0.4) is 0 Å². The first-order valence-electron chi connectivity index (χ1n) is 10.8. The third kappa shape index (κ3) is 3.56. The maximum Gasteiger partial charge on any atom is 0.227 e. The predicted octanol–water partition coefficient (Wildman–Crippen LogP) is 4.79. The Bertz CT molecular complexity index is 1330. The van der Waals surface area contributed by atoms with Crippen molar-refractivity contribution in [2.45, 2.75) is 32.1 Å². The van der Waals surface area contributed by atoms with Crippen LogP contribution in [0.2, 0.25) is 0 Å². The Morgan fingerprint density at radius 1 is 1.12 bits per heavy atom. The number of ketones is 1. The van der Waals surface area contributed by atoms with Crippen LogP contribution in [0.5, 0.6) is 11.6 Å². The summed E-state index contributed by atoms with van der Waals surface area (Å²) in [7, 11) is 0. The molecule has 1 aromatic heterocycles. The summed E-state index contributed by atoms with van der Waals surface area (Å²) in [6.07, 6.45) is 1.69. The molecule has 0 saturated heterocycles. The summed E-state index contributed by atoms with van der Waals surface area (Å²) in [6.45, 7) is 1.85. The number of hydrogen-bond donors (Lipinski definition) is 1. The van der Waals surface area contributed by atoms with Gasteiger partial charge in [0.25, 0.3) is 0 Å². The van der Waals surface area contributed by atoms with Crippen molar-refractivity contribution in [3.63, 3.8) is 0 Å². The highest BCUT2D eigenvalue weighted by atomic mass is 16.5. The number of aromatic nitrogens is 2. The molecule has 1 aliphatic carbocycles. The third-order valence-electron chi connectivity index (χ3n) is 5.91. The molecule has 2 N–H and O–H groups in total. The lowest BCUT2D eigenvalue weighted by molar-refractivity contribution is -0.116. The van der Waals surface area contributed by atoms with Crippen molar-refractivity contribution >= 4 is 5.78 Å². The summed E-state index contributed by atoms with van der Waals surface area (Å²) in [4.78, 5) is 13.1. The maximum absolute atomic E-state index is 13.1. The zero-order chi connectivity index (χ0) is 22.9. The molecule has 0 fully saturated rings. The fourth-order valence-corrected chi connectivity index (χ4v) is 4.44. The fourth-order valence-electron chi connectivity index (χ4n) is 4.44. The Morgan fingerprint density at radius 3 is 2.52 bits per heavy atom. The van der Waals surface area contributed by atoms with E-state index in [-0.39, 0.29) is 17.2 Å². The number of hydrogen-bond acceptors (Lipinski definition) is 6. The van der Waals surface area contributed by atoms with Crippen molar-refractivity contribution in [2.24, 2.45) is 5.73 Å². The van der Waals surface area contributed by atoms with Crippen LogP contribution in [0.25, 0.3) is 5.69 Å². The van der Waals surface area contributed by atoms with Gasteiger partial charge in [-0.05, 0) is 37.6 Å². The van der Waals surface area contributed by atoms with Crippen molar-refractivity contribution in [1.29, 1.82) is 5.26 Å². The molecule has 7 heteroatoms. The third-order valence-corrected chi connectivity index (χ3v) is 5.91. The van der Waals surface area contributed by atoms with Crippen molar-refractivity contribution in [2.75, 3.05) is 0 Å². The van der Waals surface area contributed by atoms with Crippen molar-refractivity contribution in [3.8, 4) is 23.4 Å². The summed E-state index contributed by atoms with van der Waals surface area (Å²) in [5.41, 5.74) is 8.90. The zero-order valence-corrected chi connectivity index (χ0v) is 18.1. The van der Waals surface area contributed by atoms with Crippen LogP contribution in [0.1, 0.15) is 36.4 Å². The van der Waals surface area contributed by atoms with Crippen molar-refractivity contribution < 1.29 is 14.3 Å². The number of aryl methyl sites for hydroxylation is 1. The van der Waals surface area contributed by atoms with Crippen LogP contribution in [-0.4, -0.2) is 15.6 Å². The van der Waals surface area contributed by atoms with Gasteiger partial charge in [0.05, 0.1) is 22.9 Å². The number of Topliss-reactive ketones (excluding diaryl/α,β-unsaturated/α-hetero) is 1. The number of nitrogens with zero attached hydrogens (tertiary/aromatic N) is 3. The second-order valence-corrected chi connectivity index (χ2v) is 8.01. The SMILES string of the molecule is Cc1nn(-c2ccccc2)c(Oc2ccccc2)c1C1C(C#N)=C(N)OC2=C1C(=O)CCC2. The lowest BCUT2D eigenvalue weighted by Gasteiger charge is -2.31. The molecular weight excluding hydrogens is 416 g/mol. The van der Waals surface area contributed by atoms with E-state index in [1.807, 2.05) is 67.6 Å². The van der Waals surface area contributed by atoms with Gasteiger partial charge in [-0.1, -0.05) is 36.4 Å². The molecule has 0 saturated carbocycles. The Kier molecular flexibility index (Phi) is 5.19. The molecule has 1 aliphatic heterocycles. The Labute approximate surface area is 191 Å². The first-order chi connectivity index (χ1) is 16.1. The molecule has 0 radical (unpaired) electrons. The number of allylic oxidation sites excluding steroid dienone is 3. The van der Waals surface area contributed by atoms with E-state index in [1.165, 1.54) is 0 Å². The van der Waals surface area contributed by atoms with E-state index in [4.69, 9.17) is 20.3 Å². The van der Waals surface area contributed by atoms with E-state index in [2.05, 4.69) is 6.07 Å². The molecule has 2 heterocycles.